The van der Waals surface area contributed by atoms with Crippen molar-refractivity contribution in [2.75, 3.05) is 7.05 Å². The zero-order chi connectivity index (χ0) is 12.6. The van der Waals surface area contributed by atoms with E-state index < -0.39 is 5.54 Å². The molecule has 0 radical (unpaired) electrons. The highest BCUT2D eigenvalue weighted by Crippen LogP contribution is 2.20. The topological polar surface area (TPSA) is 29.1 Å². The predicted octanol–water partition coefficient (Wildman–Crippen LogP) is 3.25. The second-order valence-electron chi connectivity index (χ2n) is 4.33. The molecule has 0 saturated carbocycles. The van der Waals surface area contributed by atoms with Gasteiger partial charge in [-0.3, -0.25) is 4.79 Å². The van der Waals surface area contributed by atoms with E-state index in [1.54, 1.807) is 14.0 Å². The maximum Gasteiger partial charge on any atom is 0.153 e. The molecular weight excluding hydrogens is 198 g/mol. The maximum atomic E-state index is 11.5. The Morgan fingerprint density at radius 1 is 1.38 bits per heavy atom. The molecule has 1 N–H and O–H groups in total. The molecule has 0 aromatic heterocycles. The number of carbonyl (C=O) groups excluding carboxylic acids is 1. The molecule has 92 valence electrons. The molecule has 0 aromatic carbocycles. The highest BCUT2D eigenvalue weighted by molar-refractivity contribution is 5.89. The van der Waals surface area contributed by atoms with Crippen molar-refractivity contribution in [3.05, 3.63) is 24.3 Å². The monoisotopic (exact) mass is 223 g/mol. The molecule has 2 heteroatoms. The van der Waals surface area contributed by atoms with Crippen LogP contribution in [0.5, 0.6) is 0 Å². The van der Waals surface area contributed by atoms with Gasteiger partial charge in [0.2, 0.25) is 0 Å². The minimum absolute atomic E-state index is 0.123. The van der Waals surface area contributed by atoms with Gasteiger partial charge in [-0.15, -0.1) is 0 Å². The lowest BCUT2D eigenvalue weighted by Gasteiger charge is -2.28. The summed E-state index contributed by atoms with van der Waals surface area (Å²) in [6, 6.07) is 0. The van der Waals surface area contributed by atoms with Crippen molar-refractivity contribution in [3.63, 3.8) is 0 Å². The van der Waals surface area contributed by atoms with Gasteiger partial charge in [-0.25, -0.2) is 0 Å². The molecule has 1 unspecified atom stereocenters. The Hall–Kier alpha value is -0.890. The second-order valence-corrected chi connectivity index (χ2v) is 4.33. The third-order valence-electron chi connectivity index (χ3n) is 3.15. The summed E-state index contributed by atoms with van der Waals surface area (Å²) in [5.74, 6) is 0.123. The number of unbranched alkanes of at least 4 members (excludes halogenated alkanes) is 1. The van der Waals surface area contributed by atoms with Gasteiger partial charge in [0, 0.05) is 0 Å². The first-order valence-electron chi connectivity index (χ1n) is 6.02. The van der Waals surface area contributed by atoms with Crippen LogP contribution in [0.15, 0.2) is 24.3 Å². The summed E-state index contributed by atoms with van der Waals surface area (Å²) in [7, 11) is 1.81. The van der Waals surface area contributed by atoms with Crippen molar-refractivity contribution in [2.24, 2.45) is 0 Å². The zero-order valence-electron chi connectivity index (χ0n) is 11.1. The minimum Gasteiger partial charge on any atom is -0.305 e. The summed E-state index contributed by atoms with van der Waals surface area (Å²) in [6.07, 6.45) is 8.49. The quantitative estimate of drug-likeness (QED) is 0.640. The van der Waals surface area contributed by atoms with Crippen LogP contribution in [0, 0.1) is 0 Å². The molecule has 1 atom stereocenters. The van der Waals surface area contributed by atoms with Crippen molar-refractivity contribution in [1.82, 2.24) is 5.32 Å². The third-order valence-corrected chi connectivity index (χ3v) is 3.15. The van der Waals surface area contributed by atoms with Gasteiger partial charge in [0.05, 0.1) is 5.54 Å². The summed E-state index contributed by atoms with van der Waals surface area (Å²) in [5, 5.41) is 3.06. The zero-order valence-corrected chi connectivity index (χ0v) is 11.1. The van der Waals surface area contributed by atoms with E-state index in [1.807, 2.05) is 6.92 Å². The number of allylic oxidation sites excluding steroid dienone is 2. The van der Waals surface area contributed by atoms with Crippen LogP contribution in [0.2, 0.25) is 0 Å². The first-order valence-corrected chi connectivity index (χ1v) is 6.02. The van der Waals surface area contributed by atoms with E-state index in [9.17, 15) is 4.79 Å². The van der Waals surface area contributed by atoms with Crippen LogP contribution in [-0.2, 0) is 4.79 Å². The fourth-order valence-electron chi connectivity index (χ4n) is 1.51. The molecule has 0 bridgehead atoms. The normalized spacial score (nSPS) is 15.0. The SMILES string of the molecule is C=C(CCC=CCCC)C(C)(NC)C(C)=O. The summed E-state index contributed by atoms with van der Waals surface area (Å²) in [5.41, 5.74) is 0.391. The van der Waals surface area contributed by atoms with Gasteiger partial charge in [-0.2, -0.15) is 0 Å². The number of likely N-dealkylation sites (N-methyl/N-ethyl adjacent to an activating group) is 1. The van der Waals surface area contributed by atoms with E-state index in [4.69, 9.17) is 0 Å². The molecule has 16 heavy (non-hydrogen) atoms. The number of nitrogens with one attached hydrogen (secondary N) is 1. The molecule has 0 aliphatic rings. The number of ketones is 1. The highest BCUT2D eigenvalue weighted by Gasteiger charge is 2.30. The highest BCUT2D eigenvalue weighted by atomic mass is 16.1. The van der Waals surface area contributed by atoms with Gasteiger partial charge >= 0.3 is 0 Å². The smallest absolute Gasteiger partial charge is 0.153 e. The Morgan fingerprint density at radius 3 is 2.38 bits per heavy atom. The second kappa shape index (κ2) is 7.39. The van der Waals surface area contributed by atoms with Crippen LogP contribution in [0.3, 0.4) is 0 Å². The van der Waals surface area contributed by atoms with Crippen LogP contribution >= 0.6 is 0 Å². The van der Waals surface area contributed by atoms with Crippen LogP contribution in [0.1, 0.15) is 46.5 Å². The van der Waals surface area contributed by atoms with Gasteiger partial charge in [-0.05, 0) is 45.7 Å². The van der Waals surface area contributed by atoms with Crippen LogP contribution in [0.4, 0.5) is 0 Å². The number of carbonyl (C=O) groups is 1. The first-order chi connectivity index (χ1) is 7.49. The predicted molar refractivity (Wildman–Crippen MR) is 70.6 cm³/mol. The Kier molecular flexibility index (Phi) is 6.98. The van der Waals surface area contributed by atoms with Crippen molar-refractivity contribution in [1.29, 1.82) is 0 Å². The van der Waals surface area contributed by atoms with Crippen molar-refractivity contribution >= 4 is 5.78 Å². The van der Waals surface area contributed by atoms with Gasteiger partial charge < -0.3 is 5.32 Å². The largest absolute Gasteiger partial charge is 0.305 e. The lowest BCUT2D eigenvalue weighted by molar-refractivity contribution is -0.121. The molecule has 2 nitrogen and oxygen atoms in total. The van der Waals surface area contributed by atoms with Gasteiger partial charge in [0.15, 0.2) is 5.78 Å². The van der Waals surface area contributed by atoms with E-state index >= 15 is 0 Å². The number of hydrogen-bond acceptors (Lipinski definition) is 2. The molecular formula is C14H25NO. The Bertz CT molecular complexity index is 268. The van der Waals surface area contributed by atoms with Crippen molar-refractivity contribution < 1.29 is 4.79 Å². The summed E-state index contributed by atoms with van der Waals surface area (Å²) in [4.78, 5) is 11.5. The minimum atomic E-state index is -0.571. The molecule has 0 aliphatic heterocycles. The summed E-state index contributed by atoms with van der Waals surface area (Å²) < 4.78 is 0. The molecule has 0 spiro atoms. The van der Waals surface area contributed by atoms with Crippen LogP contribution in [-0.4, -0.2) is 18.4 Å². The number of rotatable bonds is 8. The first kappa shape index (κ1) is 15.1. The fraction of sp³-hybridized carbons (Fsp3) is 0.643. The van der Waals surface area contributed by atoms with Crippen LogP contribution in [0.25, 0.3) is 0 Å². The van der Waals surface area contributed by atoms with Crippen molar-refractivity contribution in [2.45, 2.75) is 52.0 Å². The molecule has 0 amide bonds. The Balaban J connectivity index is 4.19. The summed E-state index contributed by atoms with van der Waals surface area (Å²) >= 11 is 0. The van der Waals surface area contributed by atoms with Crippen molar-refractivity contribution in [3.8, 4) is 0 Å². The molecule has 0 rings (SSSR count). The Morgan fingerprint density at radius 2 is 1.94 bits per heavy atom. The number of hydrogen-bond donors (Lipinski definition) is 1. The van der Waals surface area contributed by atoms with E-state index in [1.165, 1.54) is 6.42 Å². The maximum absolute atomic E-state index is 11.5. The van der Waals surface area contributed by atoms with Gasteiger partial charge in [-0.1, -0.05) is 32.1 Å². The molecule has 0 fully saturated rings. The van der Waals surface area contributed by atoms with E-state index in [2.05, 4.69) is 31.0 Å². The van der Waals surface area contributed by atoms with Gasteiger partial charge in [0.25, 0.3) is 0 Å². The lowest BCUT2D eigenvalue weighted by atomic mass is 9.86. The fourth-order valence-corrected chi connectivity index (χ4v) is 1.51. The average molecular weight is 223 g/mol. The lowest BCUT2D eigenvalue weighted by Crippen LogP contribution is -2.47. The van der Waals surface area contributed by atoms with Crippen LogP contribution < -0.4 is 5.32 Å². The average Bonchev–Trinajstić information content (AvgIpc) is 2.27. The van der Waals surface area contributed by atoms with Gasteiger partial charge in [0.1, 0.15) is 0 Å². The molecule has 0 saturated heterocycles. The molecule has 0 aliphatic carbocycles. The molecule has 0 heterocycles. The molecule has 0 aromatic rings. The number of Topliss-reactive ketones (excluding diaryl/α,β-unsaturated/α-hetero) is 1. The van der Waals surface area contributed by atoms with E-state index in [-0.39, 0.29) is 5.78 Å². The third kappa shape index (κ3) is 4.31. The van der Waals surface area contributed by atoms with E-state index in [0.717, 1.165) is 24.8 Å². The van der Waals surface area contributed by atoms with E-state index in [0.29, 0.717) is 0 Å². The summed E-state index contributed by atoms with van der Waals surface area (Å²) in [6.45, 7) is 9.69. The Labute approximate surface area is 99.8 Å². The standard InChI is InChI=1S/C14H25NO/c1-6-7-8-9-10-11-12(2)14(4,15-5)13(3)16/h8-9,15H,2,6-7,10-11H2,1,3-5H3.